The lowest BCUT2D eigenvalue weighted by molar-refractivity contribution is 0.142. The molecule has 14 heavy (non-hydrogen) atoms. The summed E-state index contributed by atoms with van der Waals surface area (Å²) in [7, 11) is 0. The Kier molecular flexibility index (Phi) is 4.43. The molecular formula is C11H17NO2. The summed E-state index contributed by atoms with van der Waals surface area (Å²) in [5.41, 5.74) is 0.894. The van der Waals surface area contributed by atoms with Gasteiger partial charge in [0.25, 0.3) is 0 Å². The quantitative estimate of drug-likeness (QED) is 0.623. The zero-order valence-electron chi connectivity index (χ0n) is 8.35. The van der Waals surface area contributed by atoms with E-state index in [9.17, 15) is 5.11 Å². The minimum atomic E-state index is -0.598. The van der Waals surface area contributed by atoms with Gasteiger partial charge < -0.3 is 15.5 Å². The lowest BCUT2D eigenvalue weighted by Gasteiger charge is -2.16. The highest BCUT2D eigenvalue weighted by atomic mass is 16.3. The Morgan fingerprint density at radius 1 is 1.29 bits per heavy atom. The summed E-state index contributed by atoms with van der Waals surface area (Å²) in [4.78, 5) is 0. The summed E-state index contributed by atoms with van der Waals surface area (Å²) in [6.45, 7) is 2.00. The molecule has 0 bridgehead atoms. The van der Waals surface area contributed by atoms with Crippen LogP contribution in [0.2, 0.25) is 0 Å². The molecule has 1 aromatic carbocycles. The molecule has 3 N–H and O–H groups in total. The van der Waals surface area contributed by atoms with Gasteiger partial charge in [0, 0.05) is 12.3 Å². The highest BCUT2D eigenvalue weighted by Gasteiger charge is 2.08. The Bertz CT molecular complexity index is 251. The van der Waals surface area contributed by atoms with E-state index in [1.807, 2.05) is 37.3 Å². The van der Waals surface area contributed by atoms with E-state index in [4.69, 9.17) is 5.11 Å². The molecule has 2 unspecified atom stereocenters. The highest BCUT2D eigenvalue weighted by Crippen LogP contribution is 2.10. The zero-order chi connectivity index (χ0) is 10.4. The number of hydrogen-bond acceptors (Lipinski definition) is 3. The molecular weight excluding hydrogens is 178 g/mol. The number of aliphatic hydroxyl groups is 2. The average molecular weight is 195 g/mol. The molecule has 0 fully saturated rings. The molecule has 0 spiro atoms. The maximum Gasteiger partial charge on any atom is 0.124 e. The van der Waals surface area contributed by atoms with Crippen LogP contribution >= 0.6 is 0 Å². The van der Waals surface area contributed by atoms with E-state index in [0.717, 1.165) is 5.69 Å². The second-order valence-electron chi connectivity index (χ2n) is 3.55. The standard InChI is InChI=1S/C11H17NO2/c1-9(8-13)7-11(14)12-10-5-3-2-4-6-10/h2-6,9,11-14H,7-8H2,1H3. The molecule has 0 amide bonds. The van der Waals surface area contributed by atoms with Crippen LogP contribution in [0.25, 0.3) is 0 Å². The summed E-state index contributed by atoms with van der Waals surface area (Å²) in [6, 6.07) is 9.53. The van der Waals surface area contributed by atoms with Crippen molar-refractivity contribution in [1.29, 1.82) is 0 Å². The number of anilines is 1. The van der Waals surface area contributed by atoms with Gasteiger partial charge in [0.15, 0.2) is 0 Å². The Hall–Kier alpha value is -1.06. The summed E-state index contributed by atoms with van der Waals surface area (Å²) >= 11 is 0. The van der Waals surface area contributed by atoms with Crippen LogP contribution < -0.4 is 5.32 Å². The van der Waals surface area contributed by atoms with Gasteiger partial charge in [-0.15, -0.1) is 0 Å². The first kappa shape index (κ1) is 11.0. The summed E-state index contributed by atoms with van der Waals surface area (Å²) in [6.07, 6.45) is -0.0506. The number of benzene rings is 1. The van der Waals surface area contributed by atoms with Gasteiger partial charge in [-0.3, -0.25) is 0 Å². The third kappa shape index (κ3) is 3.77. The minimum absolute atomic E-state index is 0.105. The van der Waals surface area contributed by atoms with Crippen LogP contribution in [0.3, 0.4) is 0 Å². The molecule has 1 aromatic rings. The van der Waals surface area contributed by atoms with Crippen molar-refractivity contribution in [3.63, 3.8) is 0 Å². The molecule has 3 nitrogen and oxygen atoms in total. The van der Waals surface area contributed by atoms with Crippen molar-refractivity contribution in [3.05, 3.63) is 30.3 Å². The third-order valence-electron chi connectivity index (χ3n) is 2.04. The van der Waals surface area contributed by atoms with Crippen molar-refractivity contribution < 1.29 is 10.2 Å². The van der Waals surface area contributed by atoms with E-state index in [1.54, 1.807) is 0 Å². The van der Waals surface area contributed by atoms with Gasteiger partial charge in [-0.2, -0.15) is 0 Å². The topological polar surface area (TPSA) is 52.5 Å². The van der Waals surface area contributed by atoms with E-state index in [-0.39, 0.29) is 12.5 Å². The molecule has 0 aliphatic carbocycles. The molecule has 0 saturated carbocycles. The first-order valence-corrected chi connectivity index (χ1v) is 4.83. The second-order valence-corrected chi connectivity index (χ2v) is 3.55. The Morgan fingerprint density at radius 2 is 1.93 bits per heavy atom. The number of hydrogen-bond donors (Lipinski definition) is 3. The largest absolute Gasteiger partial charge is 0.396 e. The van der Waals surface area contributed by atoms with Gasteiger partial charge in [0.05, 0.1) is 0 Å². The fourth-order valence-electron chi connectivity index (χ4n) is 1.24. The Morgan fingerprint density at radius 3 is 2.50 bits per heavy atom. The maximum atomic E-state index is 9.58. The summed E-state index contributed by atoms with van der Waals surface area (Å²) in [5.74, 6) is 0.112. The van der Waals surface area contributed by atoms with Crippen LogP contribution in [0.15, 0.2) is 30.3 Å². The fourth-order valence-corrected chi connectivity index (χ4v) is 1.24. The number of aliphatic hydroxyl groups excluding tert-OH is 2. The Labute approximate surface area is 84.4 Å². The van der Waals surface area contributed by atoms with Crippen LogP contribution in [0.1, 0.15) is 13.3 Å². The van der Waals surface area contributed by atoms with Crippen molar-refractivity contribution in [2.24, 2.45) is 5.92 Å². The van der Waals surface area contributed by atoms with Crippen molar-refractivity contribution in [2.45, 2.75) is 19.6 Å². The molecule has 3 heteroatoms. The van der Waals surface area contributed by atoms with Gasteiger partial charge >= 0.3 is 0 Å². The molecule has 78 valence electrons. The van der Waals surface area contributed by atoms with Gasteiger partial charge in [-0.05, 0) is 24.5 Å². The van der Waals surface area contributed by atoms with Gasteiger partial charge in [-0.25, -0.2) is 0 Å². The normalized spacial score (nSPS) is 14.8. The lowest BCUT2D eigenvalue weighted by atomic mass is 10.1. The second kappa shape index (κ2) is 5.62. The number of rotatable bonds is 5. The monoisotopic (exact) mass is 195 g/mol. The van der Waals surface area contributed by atoms with Crippen LogP contribution in [0.5, 0.6) is 0 Å². The highest BCUT2D eigenvalue weighted by molar-refractivity contribution is 5.42. The van der Waals surface area contributed by atoms with Crippen molar-refractivity contribution in [1.82, 2.24) is 0 Å². The van der Waals surface area contributed by atoms with Gasteiger partial charge in [0.1, 0.15) is 6.23 Å². The van der Waals surface area contributed by atoms with Crippen molar-refractivity contribution in [2.75, 3.05) is 11.9 Å². The van der Waals surface area contributed by atoms with E-state index >= 15 is 0 Å². The van der Waals surface area contributed by atoms with Crippen molar-refractivity contribution >= 4 is 5.69 Å². The van der Waals surface area contributed by atoms with E-state index in [1.165, 1.54) is 0 Å². The molecule has 0 radical (unpaired) electrons. The molecule has 0 heterocycles. The SMILES string of the molecule is CC(CO)CC(O)Nc1ccccc1. The van der Waals surface area contributed by atoms with E-state index in [2.05, 4.69) is 5.32 Å². The van der Waals surface area contributed by atoms with Crippen LogP contribution in [-0.4, -0.2) is 23.0 Å². The molecule has 0 aromatic heterocycles. The third-order valence-corrected chi connectivity index (χ3v) is 2.04. The zero-order valence-corrected chi connectivity index (χ0v) is 8.35. The van der Waals surface area contributed by atoms with Gasteiger partial charge in [0.2, 0.25) is 0 Å². The molecule has 0 aliphatic rings. The lowest BCUT2D eigenvalue weighted by Crippen LogP contribution is -2.22. The predicted molar refractivity (Wildman–Crippen MR) is 56.9 cm³/mol. The summed E-state index contributed by atoms with van der Waals surface area (Å²) < 4.78 is 0. The average Bonchev–Trinajstić information content (AvgIpc) is 2.19. The molecule has 2 atom stereocenters. The first-order valence-electron chi connectivity index (χ1n) is 4.83. The maximum absolute atomic E-state index is 9.58. The van der Waals surface area contributed by atoms with Crippen molar-refractivity contribution in [3.8, 4) is 0 Å². The fraction of sp³-hybridized carbons (Fsp3) is 0.455. The minimum Gasteiger partial charge on any atom is -0.396 e. The van der Waals surface area contributed by atoms with Crippen LogP contribution in [0, 0.1) is 5.92 Å². The first-order chi connectivity index (χ1) is 6.72. The van der Waals surface area contributed by atoms with Gasteiger partial charge in [-0.1, -0.05) is 25.1 Å². The number of nitrogens with one attached hydrogen (secondary N) is 1. The molecule has 0 aliphatic heterocycles. The van der Waals surface area contributed by atoms with E-state index < -0.39 is 6.23 Å². The number of para-hydroxylation sites is 1. The van der Waals surface area contributed by atoms with Crippen LogP contribution in [0.4, 0.5) is 5.69 Å². The smallest absolute Gasteiger partial charge is 0.124 e. The van der Waals surface area contributed by atoms with E-state index in [0.29, 0.717) is 6.42 Å². The predicted octanol–water partition coefficient (Wildman–Crippen LogP) is 1.44. The Balaban J connectivity index is 2.37. The van der Waals surface area contributed by atoms with Crippen LogP contribution in [-0.2, 0) is 0 Å². The molecule has 1 rings (SSSR count). The summed E-state index contributed by atoms with van der Waals surface area (Å²) in [5, 5.41) is 21.3. The molecule has 0 saturated heterocycles.